The van der Waals surface area contributed by atoms with Crippen molar-refractivity contribution in [2.45, 2.75) is 24.8 Å². The summed E-state index contributed by atoms with van der Waals surface area (Å²) in [7, 11) is -1.13. The number of halogens is 1. The lowest BCUT2D eigenvalue weighted by Crippen LogP contribution is -2.20. The molecule has 1 unspecified atom stereocenters. The Kier molecular flexibility index (Phi) is 6.49. The molecule has 0 amide bonds. The Morgan fingerprint density at radius 2 is 1.79 bits per heavy atom. The minimum atomic E-state index is -1.13. The second-order valence-corrected chi connectivity index (χ2v) is 9.73. The predicted molar refractivity (Wildman–Crippen MR) is 133 cm³/mol. The number of fused-ring (bicyclic) bond motifs is 1. The largest absolute Gasteiger partial charge is 0.481 e. The predicted octanol–water partition coefficient (Wildman–Crippen LogP) is 5.04. The number of aromatic nitrogens is 1. The molecule has 0 radical (unpaired) electrons. The number of pyridine rings is 1. The molecule has 0 aliphatic heterocycles. The summed E-state index contributed by atoms with van der Waals surface area (Å²) < 4.78 is 13.6. The van der Waals surface area contributed by atoms with Crippen LogP contribution in [0.15, 0.2) is 76.4 Å². The zero-order valence-corrected chi connectivity index (χ0v) is 19.7. The third-order valence-electron chi connectivity index (χ3n) is 5.66. The number of aliphatic carboxylic acids is 1. The first kappa shape index (κ1) is 23.0. The summed E-state index contributed by atoms with van der Waals surface area (Å²) in [6.45, 7) is 2.17. The fourth-order valence-corrected chi connectivity index (χ4v) is 4.82. The molecular weight excluding hydrogens is 458 g/mol. The van der Waals surface area contributed by atoms with E-state index in [1.54, 1.807) is 35.1 Å². The number of rotatable bonds is 6. The van der Waals surface area contributed by atoms with Crippen molar-refractivity contribution in [3.63, 3.8) is 0 Å². The first-order chi connectivity index (χ1) is 15.7. The second-order valence-electron chi connectivity index (χ2n) is 7.92. The van der Waals surface area contributed by atoms with Crippen molar-refractivity contribution < 1.29 is 14.1 Å². The minimum absolute atomic E-state index is 0.136. The molecule has 7 heteroatoms. The highest BCUT2D eigenvalue weighted by Crippen LogP contribution is 2.35. The number of nitrogens with zero attached hydrogens (tertiary/aromatic N) is 1. The van der Waals surface area contributed by atoms with Gasteiger partial charge in [0.05, 0.1) is 18.5 Å². The molecule has 33 heavy (non-hydrogen) atoms. The summed E-state index contributed by atoms with van der Waals surface area (Å²) in [4.78, 5) is 25.3. The highest BCUT2D eigenvalue weighted by Gasteiger charge is 2.18. The van der Waals surface area contributed by atoms with Gasteiger partial charge in [0.2, 0.25) is 0 Å². The zero-order chi connectivity index (χ0) is 23.7. The van der Waals surface area contributed by atoms with Gasteiger partial charge in [-0.15, -0.1) is 0 Å². The van der Waals surface area contributed by atoms with Gasteiger partial charge in [0.15, 0.2) is 0 Å². The Hall–Kier alpha value is -3.22. The minimum Gasteiger partial charge on any atom is -0.481 e. The van der Waals surface area contributed by atoms with E-state index in [1.807, 2.05) is 43.3 Å². The van der Waals surface area contributed by atoms with Crippen molar-refractivity contribution in [3.05, 3.63) is 98.8 Å². The number of carboxylic acids is 1. The topological polar surface area (TPSA) is 76.4 Å². The quantitative estimate of drug-likeness (QED) is 0.420. The zero-order valence-electron chi connectivity index (χ0n) is 18.2. The third kappa shape index (κ3) is 4.77. The van der Waals surface area contributed by atoms with Gasteiger partial charge < -0.3 is 9.67 Å². The van der Waals surface area contributed by atoms with E-state index >= 15 is 0 Å². The summed E-state index contributed by atoms with van der Waals surface area (Å²) in [5.74, 6) is -0.926. The summed E-state index contributed by atoms with van der Waals surface area (Å²) in [5, 5.41) is 10.9. The van der Waals surface area contributed by atoms with E-state index < -0.39 is 16.8 Å². The van der Waals surface area contributed by atoms with Crippen LogP contribution in [-0.4, -0.2) is 26.1 Å². The maximum Gasteiger partial charge on any atom is 0.307 e. The van der Waals surface area contributed by atoms with E-state index in [4.69, 9.17) is 11.6 Å². The van der Waals surface area contributed by atoms with Crippen molar-refractivity contribution in [1.29, 1.82) is 0 Å². The molecule has 5 nitrogen and oxygen atoms in total. The van der Waals surface area contributed by atoms with Crippen LogP contribution < -0.4 is 5.56 Å². The van der Waals surface area contributed by atoms with E-state index in [9.17, 15) is 18.9 Å². The first-order valence-corrected chi connectivity index (χ1v) is 12.2. The van der Waals surface area contributed by atoms with E-state index in [0.717, 1.165) is 27.6 Å². The van der Waals surface area contributed by atoms with Gasteiger partial charge in [0, 0.05) is 38.4 Å². The lowest BCUT2D eigenvalue weighted by molar-refractivity contribution is -0.136. The molecule has 1 atom stereocenters. The van der Waals surface area contributed by atoms with E-state index in [1.165, 1.54) is 6.07 Å². The Morgan fingerprint density at radius 1 is 1.06 bits per heavy atom. The maximum absolute atomic E-state index is 12.9. The van der Waals surface area contributed by atoms with Crippen LogP contribution in [-0.2, 0) is 28.6 Å². The van der Waals surface area contributed by atoms with Crippen molar-refractivity contribution >= 4 is 39.3 Å². The van der Waals surface area contributed by atoms with Crippen LogP contribution in [0.4, 0.5) is 0 Å². The molecule has 168 valence electrons. The highest BCUT2D eigenvalue weighted by molar-refractivity contribution is 7.84. The van der Waals surface area contributed by atoms with Crippen molar-refractivity contribution in [1.82, 2.24) is 4.57 Å². The molecule has 0 spiro atoms. The summed E-state index contributed by atoms with van der Waals surface area (Å²) in [5.41, 5.74) is 4.50. The molecular formula is C26H22ClNO4S. The average molecular weight is 480 g/mol. The van der Waals surface area contributed by atoms with Crippen LogP contribution in [0.3, 0.4) is 0 Å². The summed E-state index contributed by atoms with van der Waals surface area (Å²) in [6, 6.07) is 19.7. The molecule has 1 N–H and O–H groups in total. The van der Waals surface area contributed by atoms with Gasteiger partial charge >= 0.3 is 5.97 Å². The molecule has 0 bridgehead atoms. The van der Waals surface area contributed by atoms with Crippen LogP contribution in [0.2, 0.25) is 5.02 Å². The Balaban J connectivity index is 1.99. The second kappa shape index (κ2) is 9.33. The van der Waals surface area contributed by atoms with Crippen LogP contribution in [0, 0.1) is 6.92 Å². The maximum atomic E-state index is 12.9. The molecule has 0 saturated carbocycles. The van der Waals surface area contributed by atoms with Gasteiger partial charge in [-0.3, -0.25) is 13.8 Å². The number of carbonyl (C=O) groups is 1. The molecule has 0 fully saturated rings. The van der Waals surface area contributed by atoms with Crippen LogP contribution in [0.25, 0.3) is 22.0 Å². The normalized spacial score (nSPS) is 12.1. The molecule has 1 aromatic heterocycles. The van der Waals surface area contributed by atoms with Gasteiger partial charge in [-0.2, -0.15) is 0 Å². The number of hydrogen-bond donors (Lipinski definition) is 1. The fraction of sp³-hybridized carbons (Fsp3) is 0.154. The monoisotopic (exact) mass is 479 g/mol. The van der Waals surface area contributed by atoms with Gasteiger partial charge in [0.25, 0.3) is 5.56 Å². The molecule has 0 aliphatic carbocycles. The Labute approximate surface area is 198 Å². The van der Waals surface area contributed by atoms with Gasteiger partial charge in [0.1, 0.15) is 0 Å². The molecule has 0 saturated heterocycles. The number of hydrogen-bond acceptors (Lipinski definition) is 3. The van der Waals surface area contributed by atoms with E-state index in [0.29, 0.717) is 27.5 Å². The number of benzene rings is 3. The van der Waals surface area contributed by atoms with Gasteiger partial charge in [-0.1, -0.05) is 35.9 Å². The van der Waals surface area contributed by atoms with Crippen LogP contribution in [0.1, 0.15) is 16.7 Å². The van der Waals surface area contributed by atoms with Gasteiger partial charge in [-0.05, 0) is 71.1 Å². The SMILES string of the molecule is Cc1cc2c(ccc(=O)n2Cc2cccc(S(C)=O)c2)c(-c2ccc(Cl)cc2)c1CC(=O)O. The Bertz CT molecular complexity index is 1460. The van der Waals surface area contributed by atoms with Crippen LogP contribution in [0.5, 0.6) is 0 Å². The number of carboxylic acid groups (broad SMARTS) is 1. The highest BCUT2D eigenvalue weighted by atomic mass is 35.5. The molecule has 3 aromatic carbocycles. The molecule has 4 rings (SSSR count). The fourth-order valence-electron chi connectivity index (χ4n) is 4.11. The van der Waals surface area contributed by atoms with E-state index in [-0.39, 0.29) is 12.0 Å². The third-order valence-corrected chi connectivity index (χ3v) is 6.83. The van der Waals surface area contributed by atoms with Crippen molar-refractivity contribution in [3.8, 4) is 11.1 Å². The van der Waals surface area contributed by atoms with Crippen molar-refractivity contribution in [2.75, 3.05) is 6.26 Å². The summed E-state index contributed by atoms with van der Waals surface area (Å²) >= 11 is 6.08. The Morgan fingerprint density at radius 3 is 2.45 bits per heavy atom. The van der Waals surface area contributed by atoms with Crippen molar-refractivity contribution in [2.24, 2.45) is 0 Å². The van der Waals surface area contributed by atoms with E-state index in [2.05, 4.69) is 0 Å². The van der Waals surface area contributed by atoms with Gasteiger partial charge in [-0.25, -0.2) is 0 Å². The lowest BCUT2D eigenvalue weighted by atomic mass is 9.90. The first-order valence-electron chi connectivity index (χ1n) is 10.3. The van der Waals surface area contributed by atoms with Crippen LogP contribution >= 0.6 is 11.6 Å². The molecule has 1 heterocycles. The molecule has 4 aromatic rings. The number of aryl methyl sites for hydroxylation is 1. The average Bonchev–Trinajstić information content (AvgIpc) is 2.77. The lowest BCUT2D eigenvalue weighted by Gasteiger charge is -2.19. The smallest absolute Gasteiger partial charge is 0.307 e. The molecule has 0 aliphatic rings. The summed E-state index contributed by atoms with van der Waals surface area (Å²) in [6.07, 6.45) is 1.48. The standard InChI is InChI=1S/C26H22ClNO4S/c1-16-12-23-21(26(22(16)14-25(30)31)18-6-8-19(27)9-7-18)10-11-24(29)28(23)15-17-4-3-5-20(13-17)33(2)32/h3-13H,14-15H2,1-2H3,(H,30,31).